The first-order valence-electron chi connectivity index (χ1n) is 9.35. The van der Waals surface area contributed by atoms with E-state index in [0.717, 1.165) is 16.8 Å². The minimum Gasteiger partial charge on any atom is -0.238 e. The first kappa shape index (κ1) is 19.9. The number of nitrogens with zero attached hydrogens (tertiary/aromatic N) is 5. The molecule has 1 aromatic heterocycles. The molecule has 0 aliphatic carbocycles. The maximum atomic E-state index is 12.7. The van der Waals surface area contributed by atoms with Gasteiger partial charge < -0.3 is 0 Å². The number of rotatable bonds is 5. The standard InChI is InChI=1S/C22H21N5O2S/c1-16-21(15-27(25-16)17-9-5-4-6-10-17)24-23-20-13-14-22(30(28,29)26(2)3)19-12-8-7-11-18(19)20/h4-15H,1-3H3. The van der Waals surface area contributed by atoms with Crippen LogP contribution in [-0.2, 0) is 10.0 Å². The second-order valence-electron chi connectivity index (χ2n) is 7.00. The van der Waals surface area contributed by atoms with Crippen molar-refractivity contribution in [2.45, 2.75) is 11.8 Å². The molecular weight excluding hydrogens is 398 g/mol. The molecule has 8 heteroatoms. The third-order valence-corrected chi connectivity index (χ3v) is 6.65. The van der Waals surface area contributed by atoms with Crippen LogP contribution in [0.2, 0.25) is 0 Å². The number of aromatic nitrogens is 2. The summed E-state index contributed by atoms with van der Waals surface area (Å²) in [5, 5.41) is 14.6. The van der Waals surface area contributed by atoms with E-state index < -0.39 is 10.0 Å². The zero-order chi connectivity index (χ0) is 21.3. The van der Waals surface area contributed by atoms with Gasteiger partial charge in [-0.1, -0.05) is 42.5 Å². The Morgan fingerprint density at radius 1 is 0.833 bits per heavy atom. The van der Waals surface area contributed by atoms with Crippen molar-refractivity contribution in [1.29, 1.82) is 0 Å². The molecule has 3 aromatic carbocycles. The average molecular weight is 420 g/mol. The molecule has 0 N–H and O–H groups in total. The van der Waals surface area contributed by atoms with Crippen molar-refractivity contribution >= 4 is 32.2 Å². The van der Waals surface area contributed by atoms with Crippen LogP contribution in [0.15, 0.2) is 88.1 Å². The molecule has 4 rings (SSSR count). The maximum absolute atomic E-state index is 12.7. The fraction of sp³-hybridized carbons (Fsp3) is 0.136. The van der Waals surface area contributed by atoms with E-state index >= 15 is 0 Å². The van der Waals surface area contributed by atoms with E-state index in [2.05, 4.69) is 15.3 Å². The van der Waals surface area contributed by atoms with Crippen LogP contribution in [-0.4, -0.2) is 36.6 Å². The van der Waals surface area contributed by atoms with Crippen LogP contribution in [0.5, 0.6) is 0 Å². The summed E-state index contributed by atoms with van der Waals surface area (Å²) in [5.41, 5.74) is 2.92. The predicted octanol–water partition coefficient (Wildman–Crippen LogP) is 5.00. The van der Waals surface area contributed by atoms with E-state index in [0.29, 0.717) is 16.8 Å². The lowest BCUT2D eigenvalue weighted by atomic mass is 10.1. The molecule has 0 radical (unpaired) electrons. The largest absolute Gasteiger partial charge is 0.243 e. The topological polar surface area (TPSA) is 79.9 Å². The van der Waals surface area contributed by atoms with Gasteiger partial charge in [0.05, 0.1) is 28.2 Å². The lowest BCUT2D eigenvalue weighted by Crippen LogP contribution is -2.22. The van der Waals surface area contributed by atoms with Crippen LogP contribution in [0.4, 0.5) is 11.4 Å². The molecule has 1 heterocycles. The first-order chi connectivity index (χ1) is 14.4. The molecule has 30 heavy (non-hydrogen) atoms. The zero-order valence-corrected chi connectivity index (χ0v) is 17.7. The third-order valence-electron chi connectivity index (χ3n) is 4.78. The van der Waals surface area contributed by atoms with Crippen LogP contribution in [0, 0.1) is 6.92 Å². The normalized spacial score (nSPS) is 12.3. The Bertz CT molecular complexity index is 1340. The number of hydrogen-bond acceptors (Lipinski definition) is 5. The second kappa shape index (κ2) is 7.81. The molecule has 152 valence electrons. The Balaban J connectivity index is 1.76. The van der Waals surface area contributed by atoms with E-state index in [1.54, 1.807) is 22.9 Å². The zero-order valence-electron chi connectivity index (χ0n) is 16.9. The van der Waals surface area contributed by atoms with Gasteiger partial charge in [-0.15, -0.1) is 10.2 Å². The molecule has 0 saturated carbocycles. The van der Waals surface area contributed by atoms with Gasteiger partial charge in [0.15, 0.2) is 0 Å². The molecule has 0 saturated heterocycles. The minimum absolute atomic E-state index is 0.245. The molecule has 0 atom stereocenters. The van der Waals surface area contributed by atoms with Gasteiger partial charge in [0.2, 0.25) is 10.0 Å². The van der Waals surface area contributed by atoms with E-state index in [4.69, 9.17) is 0 Å². The number of azo groups is 1. The molecule has 0 bridgehead atoms. The Labute approximate surface area is 175 Å². The van der Waals surface area contributed by atoms with E-state index in [1.165, 1.54) is 18.4 Å². The number of para-hydroxylation sites is 1. The Hall–Kier alpha value is -3.36. The molecule has 0 spiro atoms. The summed E-state index contributed by atoms with van der Waals surface area (Å²) < 4.78 is 28.3. The number of fused-ring (bicyclic) bond motifs is 1. The molecule has 4 aromatic rings. The molecule has 0 unspecified atom stereocenters. The van der Waals surface area contributed by atoms with Crippen molar-refractivity contribution in [2.75, 3.05) is 14.1 Å². The summed E-state index contributed by atoms with van der Waals surface area (Å²) in [6, 6.07) is 20.3. The Morgan fingerprint density at radius 2 is 1.47 bits per heavy atom. The lowest BCUT2D eigenvalue weighted by molar-refractivity contribution is 0.521. The van der Waals surface area contributed by atoms with Crippen molar-refractivity contribution in [2.24, 2.45) is 10.2 Å². The van der Waals surface area contributed by atoms with Crippen molar-refractivity contribution < 1.29 is 8.42 Å². The smallest absolute Gasteiger partial charge is 0.238 e. The highest BCUT2D eigenvalue weighted by molar-refractivity contribution is 7.89. The Morgan fingerprint density at radius 3 is 2.17 bits per heavy atom. The summed E-state index contributed by atoms with van der Waals surface area (Å²) in [5.74, 6) is 0. The third kappa shape index (κ3) is 3.62. The van der Waals surface area contributed by atoms with Gasteiger partial charge in [-0.3, -0.25) is 0 Å². The van der Waals surface area contributed by atoms with E-state index in [1.807, 2.05) is 61.7 Å². The molecular formula is C22H21N5O2S. The van der Waals surface area contributed by atoms with Gasteiger partial charge in [-0.05, 0) is 31.2 Å². The summed E-state index contributed by atoms with van der Waals surface area (Å²) >= 11 is 0. The summed E-state index contributed by atoms with van der Waals surface area (Å²) in [6.45, 7) is 1.87. The quantitative estimate of drug-likeness (QED) is 0.427. The van der Waals surface area contributed by atoms with Gasteiger partial charge in [-0.2, -0.15) is 5.10 Å². The number of aryl methyl sites for hydroxylation is 1. The van der Waals surface area contributed by atoms with Crippen LogP contribution >= 0.6 is 0 Å². The molecule has 0 aliphatic heterocycles. The van der Waals surface area contributed by atoms with Gasteiger partial charge in [0, 0.05) is 24.9 Å². The SMILES string of the molecule is Cc1nn(-c2ccccc2)cc1N=Nc1ccc(S(=O)(=O)N(C)C)c2ccccc12. The van der Waals surface area contributed by atoms with Crippen LogP contribution < -0.4 is 0 Å². The van der Waals surface area contributed by atoms with Gasteiger partial charge >= 0.3 is 0 Å². The average Bonchev–Trinajstić information content (AvgIpc) is 3.13. The predicted molar refractivity (Wildman–Crippen MR) is 117 cm³/mol. The minimum atomic E-state index is -3.57. The highest BCUT2D eigenvalue weighted by Gasteiger charge is 2.21. The summed E-state index contributed by atoms with van der Waals surface area (Å²) in [7, 11) is -0.536. The number of hydrogen-bond donors (Lipinski definition) is 0. The van der Waals surface area contributed by atoms with Gasteiger partial charge in [0.25, 0.3) is 0 Å². The lowest BCUT2D eigenvalue weighted by Gasteiger charge is -2.14. The van der Waals surface area contributed by atoms with Crippen molar-refractivity contribution in [1.82, 2.24) is 14.1 Å². The van der Waals surface area contributed by atoms with E-state index in [9.17, 15) is 8.42 Å². The number of sulfonamides is 1. The second-order valence-corrected chi connectivity index (χ2v) is 9.12. The molecule has 0 aliphatic rings. The summed E-state index contributed by atoms with van der Waals surface area (Å²) in [4.78, 5) is 0.245. The number of benzene rings is 3. The van der Waals surface area contributed by atoms with Crippen LogP contribution in [0.1, 0.15) is 5.69 Å². The monoisotopic (exact) mass is 419 g/mol. The molecule has 7 nitrogen and oxygen atoms in total. The van der Waals surface area contributed by atoms with Gasteiger partial charge in [0.1, 0.15) is 5.69 Å². The fourth-order valence-electron chi connectivity index (χ4n) is 3.13. The van der Waals surface area contributed by atoms with Crippen molar-refractivity contribution in [3.63, 3.8) is 0 Å². The summed E-state index contributed by atoms with van der Waals surface area (Å²) in [6.07, 6.45) is 1.82. The fourth-order valence-corrected chi connectivity index (χ4v) is 4.22. The van der Waals surface area contributed by atoms with Crippen molar-refractivity contribution in [3.05, 3.63) is 78.6 Å². The van der Waals surface area contributed by atoms with Crippen LogP contribution in [0.3, 0.4) is 0 Å². The van der Waals surface area contributed by atoms with E-state index in [-0.39, 0.29) is 4.90 Å². The molecule has 0 fully saturated rings. The van der Waals surface area contributed by atoms with Crippen LogP contribution in [0.25, 0.3) is 16.5 Å². The highest BCUT2D eigenvalue weighted by atomic mass is 32.2. The molecule has 0 amide bonds. The van der Waals surface area contributed by atoms with Crippen molar-refractivity contribution in [3.8, 4) is 5.69 Å². The van der Waals surface area contributed by atoms with Gasteiger partial charge in [-0.25, -0.2) is 17.4 Å². The highest BCUT2D eigenvalue weighted by Crippen LogP contribution is 2.33. The maximum Gasteiger partial charge on any atom is 0.243 e. The Kier molecular flexibility index (Phi) is 5.19. The first-order valence-corrected chi connectivity index (χ1v) is 10.8.